The van der Waals surface area contributed by atoms with E-state index in [1.54, 1.807) is 30.9 Å². The summed E-state index contributed by atoms with van der Waals surface area (Å²) in [6.07, 6.45) is 7.42. The molecule has 4 rings (SSSR count). The number of carbonyl (C=O) groups is 2. The molecule has 1 aliphatic carbocycles. The summed E-state index contributed by atoms with van der Waals surface area (Å²) in [5.74, 6) is -0.283. The molecular formula is C21H21N3O4S. The Balaban J connectivity index is 1.74. The molecule has 0 bridgehead atoms. The zero-order valence-electron chi connectivity index (χ0n) is 16.3. The SMILES string of the molecule is CCOC(=O)c1noc(C2CC2)c1C(=O)c1ccccc1Cn1ccnc1SC. The van der Waals surface area contributed by atoms with Gasteiger partial charge in [0.25, 0.3) is 0 Å². The van der Waals surface area contributed by atoms with Crippen LogP contribution in [0.3, 0.4) is 0 Å². The molecule has 0 radical (unpaired) electrons. The number of thioether (sulfide) groups is 1. The molecule has 0 N–H and O–H groups in total. The largest absolute Gasteiger partial charge is 0.461 e. The second kappa shape index (κ2) is 8.24. The molecule has 0 unspecified atom stereocenters. The lowest BCUT2D eigenvalue weighted by Crippen LogP contribution is -2.15. The van der Waals surface area contributed by atoms with Gasteiger partial charge < -0.3 is 13.8 Å². The summed E-state index contributed by atoms with van der Waals surface area (Å²) in [4.78, 5) is 30.2. The number of rotatable bonds is 8. The van der Waals surface area contributed by atoms with Crippen molar-refractivity contribution < 1.29 is 18.8 Å². The fourth-order valence-corrected chi connectivity index (χ4v) is 3.82. The maximum absolute atomic E-state index is 13.6. The molecule has 0 atom stereocenters. The highest BCUT2D eigenvalue weighted by Gasteiger charge is 2.37. The summed E-state index contributed by atoms with van der Waals surface area (Å²) >= 11 is 1.54. The van der Waals surface area contributed by atoms with Crippen molar-refractivity contribution in [2.45, 2.75) is 37.4 Å². The van der Waals surface area contributed by atoms with Crippen LogP contribution in [0.5, 0.6) is 0 Å². The molecule has 1 saturated carbocycles. The highest BCUT2D eigenvalue weighted by molar-refractivity contribution is 7.98. The Labute approximate surface area is 172 Å². The number of ether oxygens (including phenoxy) is 1. The highest BCUT2D eigenvalue weighted by Crippen LogP contribution is 2.43. The minimum absolute atomic E-state index is 0.0408. The molecule has 1 aliphatic rings. The van der Waals surface area contributed by atoms with E-state index in [0.717, 1.165) is 23.6 Å². The molecule has 0 aliphatic heterocycles. The van der Waals surface area contributed by atoms with E-state index in [9.17, 15) is 9.59 Å². The minimum atomic E-state index is -0.636. The van der Waals surface area contributed by atoms with Gasteiger partial charge in [-0.05, 0) is 31.6 Å². The third-order valence-corrected chi connectivity index (χ3v) is 5.53. The first-order valence-corrected chi connectivity index (χ1v) is 10.7. The zero-order valence-corrected chi connectivity index (χ0v) is 17.1. The molecular weight excluding hydrogens is 390 g/mol. The number of benzene rings is 1. The first-order chi connectivity index (χ1) is 14.1. The Morgan fingerprint density at radius 2 is 2.10 bits per heavy atom. The number of ketones is 1. The predicted molar refractivity (Wildman–Crippen MR) is 107 cm³/mol. The van der Waals surface area contributed by atoms with E-state index in [2.05, 4.69) is 10.1 Å². The molecule has 7 nitrogen and oxygen atoms in total. The van der Waals surface area contributed by atoms with Crippen LogP contribution in [-0.4, -0.2) is 39.3 Å². The van der Waals surface area contributed by atoms with Gasteiger partial charge in [-0.3, -0.25) is 4.79 Å². The highest BCUT2D eigenvalue weighted by atomic mass is 32.2. The third kappa shape index (κ3) is 3.85. The second-order valence-corrected chi connectivity index (χ2v) is 7.57. The minimum Gasteiger partial charge on any atom is -0.461 e. The smallest absolute Gasteiger partial charge is 0.361 e. The van der Waals surface area contributed by atoms with Crippen LogP contribution in [0.15, 0.2) is 46.3 Å². The zero-order chi connectivity index (χ0) is 20.4. The first-order valence-electron chi connectivity index (χ1n) is 9.48. The molecule has 2 heterocycles. The van der Waals surface area contributed by atoms with Crippen LogP contribution in [0, 0.1) is 0 Å². The van der Waals surface area contributed by atoms with E-state index in [0.29, 0.717) is 17.9 Å². The molecule has 150 valence electrons. The number of imidazole rings is 1. The Kier molecular flexibility index (Phi) is 5.53. The van der Waals surface area contributed by atoms with Crippen molar-refractivity contribution in [3.8, 4) is 0 Å². The molecule has 8 heteroatoms. The van der Waals surface area contributed by atoms with Gasteiger partial charge in [-0.25, -0.2) is 9.78 Å². The van der Waals surface area contributed by atoms with Crippen LogP contribution in [0.1, 0.15) is 63.4 Å². The van der Waals surface area contributed by atoms with Gasteiger partial charge >= 0.3 is 5.97 Å². The van der Waals surface area contributed by atoms with Crippen molar-refractivity contribution in [1.29, 1.82) is 0 Å². The summed E-state index contributed by atoms with van der Waals surface area (Å²) in [6.45, 7) is 2.41. The maximum atomic E-state index is 13.6. The van der Waals surface area contributed by atoms with Crippen LogP contribution in [0.4, 0.5) is 0 Å². The molecule has 0 saturated heterocycles. The van der Waals surface area contributed by atoms with E-state index < -0.39 is 5.97 Å². The number of hydrogen-bond acceptors (Lipinski definition) is 7. The summed E-state index contributed by atoms with van der Waals surface area (Å²) < 4.78 is 12.5. The van der Waals surface area contributed by atoms with Gasteiger partial charge in [-0.1, -0.05) is 41.2 Å². The molecule has 0 spiro atoms. The van der Waals surface area contributed by atoms with Gasteiger partial charge in [0.2, 0.25) is 5.69 Å². The monoisotopic (exact) mass is 411 g/mol. The number of aromatic nitrogens is 3. The van der Waals surface area contributed by atoms with Gasteiger partial charge in [0, 0.05) is 23.9 Å². The van der Waals surface area contributed by atoms with Crippen molar-refractivity contribution in [1.82, 2.24) is 14.7 Å². The number of hydrogen-bond donors (Lipinski definition) is 0. The second-order valence-electron chi connectivity index (χ2n) is 6.79. The van der Waals surface area contributed by atoms with Crippen LogP contribution in [0.25, 0.3) is 0 Å². The van der Waals surface area contributed by atoms with Gasteiger partial charge in [-0.15, -0.1) is 0 Å². The van der Waals surface area contributed by atoms with Crippen molar-refractivity contribution in [3.05, 3.63) is 64.8 Å². The summed E-state index contributed by atoms with van der Waals surface area (Å²) in [6, 6.07) is 7.38. The fourth-order valence-electron chi connectivity index (χ4n) is 3.29. The standard InChI is InChI=1S/C21H21N3O4S/c1-3-27-20(26)17-16(19(28-23-17)13-8-9-13)18(25)15-7-5-4-6-14(15)12-24-11-10-22-21(24)29-2/h4-7,10-11,13H,3,8-9,12H2,1-2H3. The lowest BCUT2D eigenvalue weighted by molar-refractivity contribution is 0.0512. The Hall–Kier alpha value is -2.87. The van der Waals surface area contributed by atoms with Gasteiger partial charge in [0.15, 0.2) is 16.7 Å². The average molecular weight is 411 g/mol. The lowest BCUT2D eigenvalue weighted by Gasteiger charge is -2.11. The predicted octanol–water partition coefficient (Wildman–Crippen LogP) is 3.93. The fraction of sp³-hybridized carbons (Fsp3) is 0.333. The van der Waals surface area contributed by atoms with E-state index in [4.69, 9.17) is 9.26 Å². The van der Waals surface area contributed by atoms with Crippen LogP contribution in [0.2, 0.25) is 0 Å². The number of esters is 1. The van der Waals surface area contributed by atoms with Crippen molar-refractivity contribution in [2.75, 3.05) is 12.9 Å². The average Bonchev–Trinajstić information content (AvgIpc) is 3.31. The first kappa shape index (κ1) is 19.4. The summed E-state index contributed by atoms with van der Waals surface area (Å²) in [7, 11) is 0. The molecule has 2 aromatic heterocycles. The van der Waals surface area contributed by atoms with Crippen molar-refractivity contribution in [3.63, 3.8) is 0 Å². The van der Waals surface area contributed by atoms with Gasteiger partial charge in [0.1, 0.15) is 5.56 Å². The Bertz CT molecular complexity index is 1050. The van der Waals surface area contributed by atoms with E-state index in [1.807, 2.05) is 35.2 Å². The molecule has 0 amide bonds. The summed E-state index contributed by atoms with van der Waals surface area (Å²) in [5.41, 5.74) is 1.54. The molecule has 29 heavy (non-hydrogen) atoms. The van der Waals surface area contributed by atoms with Crippen LogP contribution < -0.4 is 0 Å². The van der Waals surface area contributed by atoms with E-state index in [1.165, 1.54) is 0 Å². The van der Waals surface area contributed by atoms with Crippen LogP contribution in [-0.2, 0) is 11.3 Å². The van der Waals surface area contributed by atoms with Crippen molar-refractivity contribution >= 4 is 23.5 Å². The van der Waals surface area contributed by atoms with E-state index in [-0.39, 0.29) is 29.6 Å². The molecule has 1 aromatic carbocycles. The topological polar surface area (TPSA) is 87.2 Å². The van der Waals surface area contributed by atoms with E-state index >= 15 is 0 Å². The lowest BCUT2D eigenvalue weighted by atomic mass is 9.95. The number of carbonyl (C=O) groups excluding carboxylic acids is 2. The van der Waals surface area contributed by atoms with Gasteiger partial charge in [-0.2, -0.15) is 0 Å². The Morgan fingerprint density at radius 3 is 2.83 bits per heavy atom. The number of nitrogens with zero attached hydrogens (tertiary/aromatic N) is 3. The van der Waals surface area contributed by atoms with Crippen LogP contribution >= 0.6 is 11.8 Å². The maximum Gasteiger partial charge on any atom is 0.361 e. The molecule has 1 fully saturated rings. The Morgan fingerprint density at radius 1 is 1.31 bits per heavy atom. The van der Waals surface area contributed by atoms with Gasteiger partial charge in [0.05, 0.1) is 13.2 Å². The van der Waals surface area contributed by atoms with Crippen molar-refractivity contribution in [2.24, 2.45) is 0 Å². The normalized spacial score (nSPS) is 13.4. The summed E-state index contributed by atoms with van der Waals surface area (Å²) in [5, 5.41) is 4.75. The quantitative estimate of drug-likeness (QED) is 0.315. The molecule has 3 aromatic rings. The third-order valence-electron chi connectivity index (χ3n) is 4.83.